The SMILES string of the molecule is COC(=O)C(C(C)C)N(c1ccc(-c2ccc(NC(=O)c3oc4c(C)c(OC)cc(OC)c4c3C)cc2)cc1)S(=O)[O-]. The van der Waals surface area contributed by atoms with Crippen LogP contribution in [0, 0.1) is 19.8 Å². The van der Waals surface area contributed by atoms with E-state index >= 15 is 0 Å². The number of methoxy groups -OCH3 is 3. The van der Waals surface area contributed by atoms with Crippen molar-refractivity contribution in [2.45, 2.75) is 33.7 Å². The molecular weight excluding hydrogens is 560 g/mol. The molecule has 0 aliphatic carbocycles. The van der Waals surface area contributed by atoms with Crippen molar-refractivity contribution in [2.75, 3.05) is 31.0 Å². The van der Waals surface area contributed by atoms with Gasteiger partial charge in [0.1, 0.15) is 23.1 Å². The van der Waals surface area contributed by atoms with Crippen LogP contribution in [-0.4, -0.2) is 48.0 Å². The van der Waals surface area contributed by atoms with Crippen molar-refractivity contribution in [1.82, 2.24) is 0 Å². The highest BCUT2D eigenvalue weighted by Crippen LogP contribution is 2.40. The zero-order chi connectivity index (χ0) is 30.7. The summed E-state index contributed by atoms with van der Waals surface area (Å²) in [7, 11) is 4.34. The number of carbonyl (C=O) groups excluding carboxylic acids is 2. The van der Waals surface area contributed by atoms with Gasteiger partial charge >= 0.3 is 5.97 Å². The number of fused-ring (bicyclic) bond motifs is 1. The molecule has 42 heavy (non-hydrogen) atoms. The van der Waals surface area contributed by atoms with Gasteiger partial charge in [-0.05, 0) is 55.2 Å². The number of furan rings is 1. The Morgan fingerprint density at radius 3 is 1.98 bits per heavy atom. The van der Waals surface area contributed by atoms with E-state index in [1.807, 2.05) is 19.1 Å². The van der Waals surface area contributed by atoms with Crippen LogP contribution in [0.15, 0.2) is 59.0 Å². The first kappa shape index (κ1) is 30.6. The second-order valence-electron chi connectivity index (χ2n) is 10.00. The maximum absolute atomic E-state index is 13.2. The maximum Gasteiger partial charge on any atom is 0.329 e. The van der Waals surface area contributed by atoms with Crippen molar-refractivity contribution in [3.63, 3.8) is 0 Å². The van der Waals surface area contributed by atoms with E-state index < -0.39 is 29.2 Å². The fourth-order valence-corrected chi connectivity index (χ4v) is 5.72. The highest BCUT2D eigenvalue weighted by Gasteiger charge is 2.31. The molecule has 0 radical (unpaired) electrons. The Balaban J connectivity index is 1.55. The van der Waals surface area contributed by atoms with Crippen LogP contribution in [0.2, 0.25) is 0 Å². The first-order valence-electron chi connectivity index (χ1n) is 13.1. The van der Waals surface area contributed by atoms with Crippen LogP contribution in [0.25, 0.3) is 22.1 Å². The fourth-order valence-electron chi connectivity index (χ4n) is 4.91. The molecule has 4 aromatic rings. The van der Waals surface area contributed by atoms with E-state index in [0.29, 0.717) is 39.4 Å². The van der Waals surface area contributed by atoms with Gasteiger partial charge in [-0.15, -0.1) is 0 Å². The number of esters is 1. The van der Waals surface area contributed by atoms with Crippen molar-refractivity contribution in [3.8, 4) is 22.6 Å². The molecule has 0 fully saturated rings. The molecule has 222 valence electrons. The number of amides is 1. The lowest BCUT2D eigenvalue weighted by molar-refractivity contribution is -0.142. The third-order valence-corrected chi connectivity index (χ3v) is 7.86. The summed E-state index contributed by atoms with van der Waals surface area (Å²) in [6, 6.07) is 14.8. The van der Waals surface area contributed by atoms with E-state index in [-0.39, 0.29) is 11.7 Å². The van der Waals surface area contributed by atoms with Crippen LogP contribution < -0.4 is 19.1 Å². The second-order valence-corrected chi connectivity index (χ2v) is 10.8. The lowest BCUT2D eigenvalue weighted by Gasteiger charge is -2.35. The molecule has 2 unspecified atom stereocenters. The van der Waals surface area contributed by atoms with Crippen molar-refractivity contribution in [2.24, 2.45) is 5.92 Å². The number of ether oxygens (including phenoxy) is 3. The number of anilines is 2. The van der Waals surface area contributed by atoms with Crippen molar-refractivity contribution < 1.29 is 37.0 Å². The zero-order valence-corrected chi connectivity index (χ0v) is 25.3. The topological polar surface area (TPSA) is 130 Å². The number of carbonyl (C=O) groups is 2. The second kappa shape index (κ2) is 12.7. The molecule has 0 bridgehead atoms. The standard InChI is InChI=1S/C31H34N2O8S/c1-17(2)27(31(35)40-7)33(42(36)37)23-14-10-21(11-15-23)20-8-12-22(13-9-20)32-30(34)29-19(4)26-25(39-6)16-24(38-5)18(3)28(26)41-29/h8-17,27H,1-7H3,(H,32,34)(H,36,37)/p-1. The predicted octanol–water partition coefficient (Wildman–Crippen LogP) is 5.78. The third-order valence-electron chi connectivity index (χ3n) is 7.10. The van der Waals surface area contributed by atoms with E-state index in [4.69, 9.17) is 18.6 Å². The number of rotatable bonds is 10. The minimum atomic E-state index is -2.69. The van der Waals surface area contributed by atoms with Gasteiger partial charge in [-0.3, -0.25) is 13.3 Å². The summed E-state index contributed by atoms with van der Waals surface area (Å²) in [6.07, 6.45) is 0. The fraction of sp³-hybridized carbons (Fsp3) is 0.290. The number of hydrogen-bond donors (Lipinski definition) is 1. The van der Waals surface area contributed by atoms with Gasteiger partial charge in [0.2, 0.25) is 0 Å². The molecule has 3 aromatic carbocycles. The molecule has 0 aliphatic heterocycles. The number of benzene rings is 3. The molecule has 0 saturated carbocycles. The Bertz CT molecular complexity index is 1630. The molecule has 0 spiro atoms. The number of aryl methyl sites for hydroxylation is 2. The van der Waals surface area contributed by atoms with Crippen LogP contribution in [0.4, 0.5) is 11.4 Å². The van der Waals surface area contributed by atoms with Gasteiger partial charge in [-0.25, -0.2) is 4.79 Å². The smallest absolute Gasteiger partial charge is 0.329 e. The van der Waals surface area contributed by atoms with Crippen LogP contribution in [0.3, 0.4) is 0 Å². The Morgan fingerprint density at radius 2 is 1.48 bits per heavy atom. The maximum atomic E-state index is 13.2. The highest BCUT2D eigenvalue weighted by molar-refractivity contribution is 7.80. The summed E-state index contributed by atoms with van der Waals surface area (Å²) >= 11 is -2.69. The number of nitrogens with zero attached hydrogens (tertiary/aromatic N) is 1. The molecule has 2 atom stereocenters. The summed E-state index contributed by atoms with van der Waals surface area (Å²) in [5, 5.41) is 3.59. The molecule has 1 amide bonds. The van der Waals surface area contributed by atoms with Crippen LogP contribution in [0.5, 0.6) is 11.5 Å². The zero-order valence-electron chi connectivity index (χ0n) is 24.5. The quantitative estimate of drug-likeness (QED) is 0.181. The lowest BCUT2D eigenvalue weighted by Crippen LogP contribution is -2.46. The molecular formula is C31H33N2O8S-. The van der Waals surface area contributed by atoms with Gasteiger partial charge in [0, 0.05) is 39.8 Å². The summed E-state index contributed by atoms with van der Waals surface area (Å²) < 4.78 is 46.9. The van der Waals surface area contributed by atoms with Gasteiger partial charge in [-0.2, -0.15) is 0 Å². The van der Waals surface area contributed by atoms with Crippen molar-refractivity contribution >= 4 is 45.5 Å². The molecule has 4 rings (SSSR count). The number of nitrogens with one attached hydrogen (secondary N) is 1. The Kier molecular flexibility index (Phi) is 9.23. The molecule has 1 aromatic heterocycles. The van der Waals surface area contributed by atoms with Gasteiger partial charge in [-0.1, -0.05) is 38.1 Å². The molecule has 0 saturated heterocycles. The molecule has 1 N–H and O–H groups in total. The predicted molar refractivity (Wildman–Crippen MR) is 161 cm³/mol. The normalized spacial score (nSPS) is 12.6. The average molecular weight is 594 g/mol. The Hall–Kier alpha value is -4.35. The van der Waals surface area contributed by atoms with E-state index in [9.17, 15) is 18.4 Å². The minimum absolute atomic E-state index is 0.172. The Morgan fingerprint density at radius 1 is 0.905 bits per heavy atom. The van der Waals surface area contributed by atoms with E-state index in [0.717, 1.165) is 21.0 Å². The van der Waals surface area contributed by atoms with E-state index in [2.05, 4.69) is 5.32 Å². The first-order valence-corrected chi connectivity index (χ1v) is 14.2. The first-order chi connectivity index (χ1) is 20.0. The summed E-state index contributed by atoms with van der Waals surface area (Å²) in [4.78, 5) is 25.5. The van der Waals surface area contributed by atoms with Crippen molar-refractivity contribution in [3.05, 3.63) is 71.5 Å². The lowest BCUT2D eigenvalue weighted by atomic mass is 10.0. The third kappa shape index (κ3) is 5.83. The van der Waals surface area contributed by atoms with Gasteiger partial charge in [0.25, 0.3) is 5.91 Å². The molecule has 0 aliphatic rings. The molecule has 1 heterocycles. The summed E-state index contributed by atoms with van der Waals surface area (Å²) in [5.41, 5.74) is 4.51. The van der Waals surface area contributed by atoms with Crippen LogP contribution in [-0.2, 0) is 20.8 Å². The van der Waals surface area contributed by atoms with Crippen LogP contribution >= 0.6 is 0 Å². The van der Waals surface area contributed by atoms with Crippen LogP contribution in [0.1, 0.15) is 35.5 Å². The largest absolute Gasteiger partial charge is 0.755 e. The van der Waals surface area contributed by atoms with Gasteiger partial charge in [0.15, 0.2) is 5.76 Å². The van der Waals surface area contributed by atoms with Gasteiger partial charge < -0.3 is 28.5 Å². The molecule has 11 heteroatoms. The van der Waals surface area contributed by atoms with E-state index in [1.165, 1.54) is 7.11 Å². The molecule has 10 nitrogen and oxygen atoms in total. The minimum Gasteiger partial charge on any atom is -0.755 e. The van der Waals surface area contributed by atoms with Crippen molar-refractivity contribution in [1.29, 1.82) is 0 Å². The van der Waals surface area contributed by atoms with E-state index in [1.54, 1.807) is 77.5 Å². The summed E-state index contributed by atoms with van der Waals surface area (Å²) in [5.74, 6) is -0.0278. The van der Waals surface area contributed by atoms with Gasteiger partial charge in [0.05, 0.1) is 26.7 Å². The highest BCUT2D eigenvalue weighted by atomic mass is 32.2. The Labute approximate surface area is 247 Å². The number of hydrogen-bond acceptors (Lipinski definition) is 8. The monoisotopic (exact) mass is 593 g/mol. The average Bonchev–Trinajstić information content (AvgIpc) is 3.33. The summed E-state index contributed by atoms with van der Waals surface area (Å²) in [6.45, 7) is 7.16.